The summed E-state index contributed by atoms with van der Waals surface area (Å²) in [6.45, 7) is 2.42. The van der Waals surface area contributed by atoms with Crippen LogP contribution in [0.4, 0.5) is 0 Å². The van der Waals surface area contributed by atoms with Crippen molar-refractivity contribution in [2.45, 2.75) is 44.4 Å². The zero-order valence-electron chi connectivity index (χ0n) is 14.5. The number of hydrogen-bond acceptors (Lipinski definition) is 6. The van der Waals surface area contributed by atoms with Crippen LogP contribution in [0.3, 0.4) is 0 Å². The van der Waals surface area contributed by atoms with Gasteiger partial charge in [0.1, 0.15) is 10.7 Å². The molecule has 2 N–H and O–H groups in total. The first-order valence-corrected chi connectivity index (χ1v) is 10.4. The van der Waals surface area contributed by atoms with Gasteiger partial charge < -0.3 is 15.0 Å². The Labute approximate surface area is 154 Å². The molecule has 136 valence electrons. The summed E-state index contributed by atoms with van der Waals surface area (Å²) in [5, 5.41) is 3.68. The van der Waals surface area contributed by atoms with E-state index in [0.717, 1.165) is 29.5 Å². The molecule has 0 bridgehead atoms. The van der Waals surface area contributed by atoms with Crippen molar-refractivity contribution in [1.82, 2.24) is 15.3 Å². The number of fused-ring (bicyclic) bond motifs is 3. The maximum Gasteiger partial charge on any atom is 0.259 e. The predicted octanol–water partition coefficient (Wildman–Crippen LogP) is 2.25. The van der Waals surface area contributed by atoms with Crippen molar-refractivity contribution in [2.75, 3.05) is 19.5 Å². The Morgan fingerprint density at radius 2 is 2.32 bits per heavy atom. The highest BCUT2D eigenvalue weighted by atomic mass is 32.2. The number of thiophene rings is 1. The van der Waals surface area contributed by atoms with Crippen LogP contribution in [0.2, 0.25) is 0 Å². The maximum atomic E-state index is 12.4. The first-order chi connectivity index (χ1) is 12.1. The molecule has 0 fully saturated rings. The van der Waals surface area contributed by atoms with Gasteiger partial charge in [-0.3, -0.25) is 9.59 Å². The van der Waals surface area contributed by atoms with Gasteiger partial charge in [-0.05, 0) is 31.7 Å². The molecule has 1 atom stereocenters. The van der Waals surface area contributed by atoms with Crippen LogP contribution in [-0.2, 0) is 28.1 Å². The lowest BCUT2D eigenvalue weighted by Gasteiger charge is -2.12. The summed E-state index contributed by atoms with van der Waals surface area (Å²) in [6, 6.07) is 0.0173. The van der Waals surface area contributed by atoms with Crippen LogP contribution < -0.4 is 10.9 Å². The van der Waals surface area contributed by atoms with Crippen molar-refractivity contribution in [2.24, 2.45) is 0 Å². The molecule has 0 aliphatic heterocycles. The first kappa shape index (κ1) is 18.4. The molecule has 25 heavy (non-hydrogen) atoms. The third kappa shape index (κ3) is 4.43. The highest BCUT2D eigenvalue weighted by Gasteiger charge is 2.21. The average molecular weight is 382 g/mol. The van der Waals surface area contributed by atoms with Crippen LogP contribution in [-0.4, -0.2) is 41.4 Å². The van der Waals surface area contributed by atoms with Crippen LogP contribution in [0.1, 0.15) is 36.0 Å². The summed E-state index contributed by atoms with van der Waals surface area (Å²) in [4.78, 5) is 33.9. The van der Waals surface area contributed by atoms with E-state index in [-0.39, 0.29) is 17.5 Å². The predicted molar refractivity (Wildman–Crippen MR) is 103 cm³/mol. The van der Waals surface area contributed by atoms with Gasteiger partial charge in [0.05, 0.1) is 17.7 Å². The molecule has 1 aliphatic rings. The number of carbonyl (C=O) groups excluding carboxylic acids is 1. The van der Waals surface area contributed by atoms with E-state index in [2.05, 4.69) is 15.3 Å². The topological polar surface area (TPSA) is 84.1 Å². The number of rotatable bonds is 8. The molecule has 1 amide bonds. The lowest BCUT2D eigenvalue weighted by atomic mass is 10.2. The van der Waals surface area contributed by atoms with E-state index in [1.54, 1.807) is 30.2 Å². The number of aromatic amines is 1. The number of methoxy groups -OCH3 is 1. The van der Waals surface area contributed by atoms with Crippen molar-refractivity contribution >= 4 is 39.2 Å². The van der Waals surface area contributed by atoms with Crippen LogP contribution in [0.15, 0.2) is 4.79 Å². The highest BCUT2D eigenvalue weighted by Crippen LogP contribution is 2.34. The van der Waals surface area contributed by atoms with Crippen LogP contribution in [0, 0.1) is 0 Å². The summed E-state index contributed by atoms with van der Waals surface area (Å²) >= 11 is 3.26. The zero-order chi connectivity index (χ0) is 17.8. The third-order valence-electron chi connectivity index (χ3n) is 4.16. The number of aromatic nitrogens is 2. The van der Waals surface area contributed by atoms with Gasteiger partial charge >= 0.3 is 0 Å². The molecule has 2 heterocycles. The van der Waals surface area contributed by atoms with Crippen LogP contribution in [0.25, 0.3) is 10.2 Å². The second kappa shape index (κ2) is 8.33. The molecule has 0 radical (unpaired) electrons. The molecule has 0 saturated carbocycles. The standard InChI is InChI=1S/C17H23N3O3S2/c1-10(8-23-2)18-14(21)6-7-24-9-13-19-16(22)15-11-4-3-5-12(11)25-17(15)20-13/h10H,3-9H2,1-2H3,(H,18,21)(H,19,20,22). The number of amides is 1. The quantitative estimate of drug-likeness (QED) is 0.685. The van der Waals surface area contributed by atoms with E-state index in [1.165, 1.54) is 10.4 Å². The molecule has 0 spiro atoms. The monoisotopic (exact) mass is 381 g/mol. The summed E-state index contributed by atoms with van der Waals surface area (Å²) in [6.07, 6.45) is 3.64. The molecule has 1 aliphatic carbocycles. The fourth-order valence-electron chi connectivity index (χ4n) is 3.09. The molecule has 8 heteroatoms. The minimum Gasteiger partial charge on any atom is -0.383 e. The lowest BCUT2D eigenvalue weighted by Crippen LogP contribution is -2.35. The minimum atomic E-state index is -0.0221. The van der Waals surface area contributed by atoms with Crippen LogP contribution in [0.5, 0.6) is 0 Å². The Morgan fingerprint density at radius 3 is 3.12 bits per heavy atom. The summed E-state index contributed by atoms with van der Waals surface area (Å²) < 4.78 is 5.00. The van der Waals surface area contributed by atoms with Crippen LogP contribution >= 0.6 is 23.1 Å². The van der Waals surface area contributed by atoms with Crippen molar-refractivity contribution in [3.8, 4) is 0 Å². The fraction of sp³-hybridized carbons (Fsp3) is 0.588. The van der Waals surface area contributed by atoms with E-state index in [4.69, 9.17) is 4.74 Å². The second-order valence-corrected chi connectivity index (χ2v) is 8.47. The Hall–Kier alpha value is -1.38. The van der Waals surface area contributed by atoms with Gasteiger partial charge in [0.15, 0.2) is 0 Å². The molecule has 2 aromatic heterocycles. The Kier molecular flexibility index (Phi) is 6.14. The molecule has 6 nitrogen and oxygen atoms in total. The van der Waals surface area contributed by atoms with Gasteiger partial charge in [-0.2, -0.15) is 11.8 Å². The molecule has 2 aromatic rings. The van der Waals surface area contributed by atoms with Gasteiger partial charge in [0.25, 0.3) is 5.56 Å². The second-order valence-electron chi connectivity index (χ2n) is 6.28. The number of aryl methyl sites for hydroxylation is 2. The smallest absolute Gasteiger partial charge is 0.259 e. The molecule has 3 rings (SSSR count). The molecular formula is C17H23N3O3S2. The molecule has 1 unspecified atom stereocenters. The normalized spacial score (nSPS) is 14.6. The number of H-pyrrole nitrogens is 1. The maximum absolute atomic E-state index is 12.4. The number of thioether (sulfide) groups is 1. The highest BCUT2D eigenvalue weighted by molar-refractivity contribution is 7.98. The summed E-state index contributed by atoms with van der Waals surface area (Å²) in [7, 11) is 1.62. The largest absolute Gasteiger partial charge is 0.383 e. The fourth-order valence-corrected chi connectivity index (χ4v) is 5.17. The van der Waals surface area contributed by atoms with E-state index in [9.17, 15) is 9.59 Å². The molecular weight excluding hydrogens is 358 g/mol. The number of carbonyl (C=O) groups is 1. The summed E-state index contributed by atoms with van der Waals surface area (Å²) in [5.41, 5.74) is 1.18. The lowest BCUT2D eigenvalue weighted by molar-refractivity contribution is -0.121. The number of ether oxygens (including phenoxy) is 1. The number of nitrogens with one attached hydrogen (secondary N) is 2. The van der Waals surface area contributed by atoms with E-state index in [0.29, 0.717) is 30.4 Å². The Bertz CT molecular complexity index is 815. The Balaban J connectivity index is 1.52. The first-order valence-electron chi connectivity index (χ1n) is 8.48. The van der Waals surface area contributed by atoms with Gasteiger partial charge in [0.2, 0.25) is 5.91 Å². The molecule has 0 aromatic carbocycles. The van der Waals surface area contributed by atoms with Gasteiger partial charge in [-0.15, -0.1) is 11.3 Å². The summed E-state index contributed by atoms with van der Waals surface area (Å²) in [5.74, 6) is 2.00. The van der Waals surface area contributed by atoms with E-state index in [1.807, 2.05) is 6.92 Å². The van der Waals surface area contributed by atoms with Gasteiger partial charge in [-0.25, -0.2) is 4.98 Å². The van der Waals surface area contributed by atoms with Crippen molar-refractivity contribution in [3.05, 3.63) is 26.6 Å². The van der Waals surface area contributed by atoms with Crippen molar-refractivity contribution < 1.29 is 9.53 Å². The van der Waals surface area contributed by atoms with Gasteiger partial charge in [-0.1, -0.05) is 0 Å². The van der Waals surface area contributed by atoms with E-state index < -0.39 is 0 Å². The SMILES string of the molecule is COCC(C)NC(=O)CCSCc1nc2sc3c(c2c(=O)[nH]1)CCC3. The van der Waals surface area contributed by atoms with Crippen molar-refractivity contribution in [3.63, 3.8) is 0 Å². The van der Waals surface area contributed by atoms with Crippen molar-refractivity contribution in [1.29, 1.82) is 0 Å². The van der Waals surface area contributed by atoms with Gasteiger partial charge in [0, 0.05) is 30.2 Å². The Morgan fingerprint density at radius 1 is 1.48 bits per heavy atom. The number of hydrogen-bond donors (Lipinski definition) is 2. The third-order valence-corrected chi connectivity index (χ3v) is 6.32. The zero-order valence-corrected chi connectivity index (χ0v) is 16.1. The molecule has 0 saturated heterocycles. The average Bonchev–Trinajstić information content (AvgIpc) is 3.12. The number of nitrogens with zero attached hydrogens (tertiary/aromatic N) is 1. The minimum absolute atomic E-state index is 0.0173. The van der Waals surface area contributed by atoms with E-state index >= 15 is 0 Å².